The van der Waals surface area contributed by atoms with E-state index in [2.05, 4.69) is 20.7 Å². The number of carbonyl (C=O) groups excluding carboxylic acids is 1. The van der Waals surface area contributed by atoms with Crippen LogP contribution in [0, 0.1) is 18.6 Å². The van der Waals surface area contributed by atoms with Gasteiger partial charge in [0.15, 0.2) is 0 Å². The van der Waals surface area contributed by atoms with Gasteiger partial charge in [-0.2, -0.15) is 4.98 Å². The average Bonchev–Trinajstić information content (AvgIpc) is 3.06. The highest BCUT2D eigenvalue weighted by Crippen LogP contribution is 2.29. The number of nitrogens with one attached hydrogen (secondary N) is 2. The van der Waals surface area contributed by atoms with Crippen LogP contribution in [0.25, 0.3) is 5.69 Å². The normalized spacial score (nSPS) is 17.9. The minimum absolute atomic E-state index is 0.0339. The number of benzene rings is 2. The number of carbonyl (C=O) groups is 1. The van der Waals surface area contributed by atoms with Gasteiger partial charge in [-0.15, -0.1) is 5.10 Å². The molecule has 1 amide bonds. The fraction of sp³-hybridized carbons (Fsp3) is 0.286. The molecule has 0 unspecified atom stereocenters. The molecule has 3 aromatic rings. The van der Waals surface area contributed by atoms with Crippen molar-refractivity contribution in [1.82, 2.24) is 20.1 Å². The van der Waals surface area contributed by atoms with E-state index in [-0.39, 0.29) is 29.7 Å². The summed E-state index contributed by atoms with van der Waals surface area (Å²) < 4.78 is 34.1. The van der Waals surface area contributed by atoms with E-state index in [0.29, 0.717) is 5.75 Å². The van der Waals surface area contributed by atoms with Gasteiger partial charge in [0.1, 0.15) is 29.8 Å². The average molecular weight is 413 g/mol. The zero-order chi connectivity index (χ0) is 21.3. The molecule has 30 heavy (non-hydrogen) atoms. The molecular weight excluding hydrogens is 392 g/mol. The van der Waals surface area contributed by atoms with Crippen LogP contribution in [0.1, 0.15) is 25.3 Å². The molecular formula is C21H21F2N5O2. The van der Waals surface area contributed by atoms with Crippen LogP contribution in [-0.4, -0.2) is 32.8 Å². The molecule has 156 valence electrons. The van der Waals surface area contributed by atoms with E-state index in [4.69, 9.17) is 4.74 Å². The molecule has 4 rings (SSSR count). The molecule has 1 aromatic heterocycles. The van der Waals surface area contributed by atoms with Crippen molar-refractivity contribution in [2.24, 2.45) is 0 Å². The van der Waals surface area contributed by atoms with Crippen molar-refractivity contribution in [3.63, 3.8) is 0 Å². The van der Waals surface area contributed by atoms with E-state index >= 15 is 0 Å². The predicted molar refractivity (Wildman–Crippen MR) is 107 cm³/mol. The smallest absolute Gasteiger partial charge is 0.246 e. The van der Waals surface area contributed by atoms with Gasteiger partial charge in [0, 0.05) is 43.6 Å². The van der Waals surface area contributed by atoms with E-state index in [0.717, 1.165) is 30.2 Å². The maximum Gasteiger partial charge on any atom is 0.246 e. The van der Waals surface area contributed by atoms with Crippen molar-refractivity contribution in [2.45, 2.75) is 38.8 Å². The lowest BCUT2D eigenvalue weighted by molar-refractivity contribution is -0.120. The molecule has 1 fully saturated rings. The SMILES string of the molecule is CC(=O)N[C@H]1C[C@H](Oc2cc(C)cc(Nc3ncn(-c4cc(F)cc(F)c4)n3)c2)C1. The van der Waals surface area contributed by atoms with Gasteiger partial charge in [-0.3, -0.25) is 4.79 Å². The van der Waals surface area contributed by atoms with Crippen molar-refractivity contribution in [3.8, 4) is 11.4 Å². The Hall–Kier alpha value is -3.49. The van der Waals surface area contributed by atoms with Crippen LogP contribution in [-0.2, 0) is 4.79 Å². The van der Waals surface area contributed by atoms with E-state index in [1.807, 2.05) is 25.1 Å². The summed E-state index contributed by atoms with van der Waals surface area (Å²) in [6.45, 7) is 3.45. The second-order valence-corrected chi connectivity index (χ2v) is 7.41. The first kappa shape index (κ1) is 19.8. The van der Waals surface area contributed by atoms with E-state index < -0.39 is 11.6 Å². The monoisotopic (exact) mass is 413 g/mol. The summed E-state index contributed by atoms with van der Waals surface area (Å²) in [5.74, 6) is -0.422. The number of anilines is 2. The maximum absolute atomic E-state index is 13.4. The van der Waals surface area contributed by atoms with Crippen LogP contribution >= 0.6 is 0 Å². The van der Waals surface area contributed by atoms with Crippen molar-refractivity contribution in [1.29, 1.82) is 0 Å². The van der Waals surface area contributed by atoms with Gasteiger partial charge in [0.05, 0.1) is 5.69 Å². The number of halogens is 2. The first-order chi connectivity index (χ1) is 14.3. The van der Waals surface area contributed by atoms with Crippen LogP contribution in [0.15, 0.2) is 42.7 Å². The molecule has 7 nitrogen and oxygen atoms in total. The molecule has 0 spiro atoms. The van der Waals surface area contributed by atoms with Gasteiger partial charge in [-0.05, 0) is 36.8 Å². The molecule has 2 N–H and O–H groups in total. The number of nitrogens with zero attached hydrogens (tertiary/aromatic N) is 3. The minimum Gasteiger partial charge on any atom is -0.490 e. The lowest BCUT2D eigenvalue weighted by Gasteiger charge is -2.35. The summed E-state index contributed by atoms with van der Waals surface area (Å²) in [5.41, 5.74) is 1.95. The summed E-state index contributed by atoms with van der Waals surface area (Å²) in [6.07, 6.45) is 2.97. The van der Waals surface area contributed by atoms with E-state index in [9.17, 15) is 13.6 Å². The summed E-state index contributed by atoms with van der Waals surface area (Å²) in [6, 6.07) is 8.99. The summed E-state index contributed by atoms with van der Waals surface area (Å²) >= 11 is 0. The Kier molecular flexibility index (Phi) is 5.35. The Labute approximate surface area is 172 Å². The Morgan fingerprint density at radius 1 is 1.13 bits per heavy atom. The second-order valence-electron chi connectivity index (χ2n) is 7.41. The standard InChI is InChI=1S/C21H21F2N5O2/c1-12-3-16(8-19(4-12)30-20-9-17(10-20)25-13(2)29)26-21-24-11-28(27-21)18-6-14(22)5-15(23)7-18/h3-8,11,17,20H,9-10H2,1-2H3,(H,25,29)(H,26,27)/t17-,20-. The van der Waals surface area contributed by atoms with Crippen LogP contribution in [0.4, 0.5) is 20.4 Å². The third kappa shape index (κ3) is 4.73. The molecule has 1 heterocycles. The second kappa shape index (κ2) is 8.10. The largest absolute Gasteiger partial charge is 0.490 e. The first-order valence-corrected chi connectivity index (χ1v) is 9.54. The van der Waals surface area contributed by atoms with Crippen LogP contribution in [0.2, 0.25) is 0 Å². The summed E-state index contributed by atoms with van der Waals surface area (Å²) in [5, 5.41) is 10.2. The zero-order valence-electron chi connectivity index (χ0n) is 16.5. The summed E-state index contributed by atoms with van der Waals surface area (Å²) in [7, 11) is 0. The molecule has 1 saturated carbocycles. The Morgan fingerprint density at radius 3 is 2.57 bits per heavy atom. The molecule has 0 aliphatic heterocycles. The highest BCUT2D eigenvalue weighted by atomic mass is 19.1. The lowest BCUT2D eigenvalue weighted by Crippen LogP contribution is -2.48. The number of hydrogen-bond donors (Lipinski definition) is 2. The van der Waals surface area contributed by atoms with Crippen molar-refractivity contribution < 1.29 is 18.3 Å². The molecule has 2 aromatic carbocycles. The van der Waals surface area contributed by atoms with Crippen LogP contribution in [0.5, 0.6) is 5.75 Å². The van der Waals surface area contributed by atoms with Crippen molar-refractivity contribution in [3.05, 3.63) is 59.9 Å². The number of ether oxygens (including phenoxy) is 1. The maximum atomic E-state index is 13.4. The molecule has 0 saturated heterocycles. The third-order valence-electron chi connectivity index (χ3n) is 4.72. The lowest BCUT2D eigenvalue weighted by atomic mass is 9.89. The number of aromatic nitrogens is 3. The van der Waals surface area contributed by atoms with Crippen LogP contribution in [0.3, 0.4) is 0 Å². The molecule has 9 heteroatoms. The van der Waals surface area contributed by atoms with Gasteiger partial charge in [0.2, 0.25) is 11.9 Å². The molecule has 1 aliphatic rings. The minimum atomic E-state index is -0.688. The highest BCUT2D eigenvalue weighted by Gasteiger charge is 2.31. The fourth-order valence-electron chi connectivity index (χ4n) is 3.39. The van der Waals surface area contributed by atoms with Gasteiger partial charge in [0.25, 0.3) is 0 Å². The highest BCUT2D eigenvalue weighted by molar-refractivity contribution is 5.73. The zero-order valence-corrected chi connectivity index (χ0v) is 16.5. The van der Waals surface area contributed by atoms with Gasteiger partial charge < -0.3 is 15.4 Å². The topological polar surface area (TPSA) is 81.1 Å². The van der Waals surface area contributed by atoms with Crippen LogP contribution < -0.4 is 15.4 Å². The van der Waals surface area contributed by atoms with E-state index in [1.165, 1.54) is 30.1 Å². The van der Waals surface area contributed by atoms with Crippen molar-refractivity contribution >= 4 is 17.5 Å². The van der Waals surface area contributed by atoms with Gasteiger partial charge in [-0.25, -0.2) is 13.5 Å². The van der Waals surface area contributed by atoms with Crippen molar-refractivity contribution in [2.75, 3.05) is 5.32 Å². The molecule has 0 atom stereocenters. The Balaban J connectivity index is 1.43. The molecule has 1 aliphatic carbocycles. The quantitative estimate of drug-likeness (QED) is 0.645. The molecule has 0 radical (unpaired) electrons. The number of rotatable bonds is 6. The van der Waals surface area contributed by atoms with E-state index in [1.54, 1.807) is 0 Å². The van der Waals surface area contributed by atoms with Gasteiger partial charge >= 0.3 is 0 Å². The van der Waals surface area contributed by atoms with Gasteiger partial charge in [-0.1, -0.05) is 0 Å². The number of hydrogen-bond acceptors (Lipinski definition) is 5. The Morgan fingerprint density at radius 2 is 1.87 bits per heavy atom. The number of amides is 1. The Bertz CT molecular complexity index is 1060. The predicted octanol–water partition coefficient (Wildman–Crippen LogP) is 3.64. The molecule has 0 bridgehead atoms. The fourth-order valence-corrected chi connectivity index (χ4v) is 3.39. The third-order valence-corrected chi connectivity index (χ3v) is 4.72. The first-order valence-electron chi connectivity index (χ1n) is 9.54. The number of aryl methyl sites for hydroxylation is 1. The summed E-state index contributed by atoms with van der Waals surface area (Å²) in [4.78, 5) is 15.2.